The third kappa shape index (κ3) is 2.95. The van der Waals surface area contributed by atoms with Gasteiger partial charge < -0.3 is 14.3 Å². The molecule has 2 aromatic carbocycles. The second-order valence-corrected chi connectivity index (χ2v) is 5.94. The molecule has 0 aliphatic heterocycles. The molecule has 132 valence electrons. The first kappa shape index (κ1) is 16.4. The Hall–Kier alpha value is -3.12. The molecule has 0 unspecified atom stereocenters. The van der Waals surface area contributed by atoms with E-state index in [9.17, 15) is 9.50 Å². The molecule has 4 aromatic rings. The van der Waals surface area contributed by atoms with Crippen molar-refractivity contribution in [2.24, 2.45) is 0 Å². The minimum Gasteiger partial charge on any atom is -0.497 e. The third-order valence-electron chi connectivity index (χ3n) is 4.23. The fraction of sp³-hybridized carbons (Fsp3) is 0.150. The minimum atomic E-state index is -0.327. The van der Waals surface area contributed by atoms with Gasteiger partial charge in [0.2, 0.25) is 0 Å². The molecular weight excluding hydrogens is 335 g/mol. The molecule has 26 heavy (non-hydrogen) atoms. The maximum absolute atomic E-state index is 13.8. The summed E-state index contributed by atoms with van der Waals surface area (Å²) in [6, 6.07) is 15.7. The van der Waals surface area contributed by atoms with Crippen LogP contribution in [0.3, 0.4) is 0 Å². The van der Waals surface area contributed by atoms with Crippen molar-refractivity contribution in [3.63, 3.8) is 0 Å². The van der Waals surface area contributed by atoms with E-state index in [2.05, 4.69) is 5.10 Å². The molecule has 0 radical (unpaired) electrons. The summed E-state index contributed by atoms with van der Waals surface area (Å²) in [5.41, 5.74) is 2.27. The third-order valence-corrected chi connectivity index (χ3v) is 4.23. The summed E-state index contributed by atoms with van der Waals surface area (Å²) >= 11 is 0. The molecule has 0 aliphatic rings. The normalized spacial score (nSPS) is 11.2. The van der Waals surface area contributed by atoms with Gasteiger partial charge in [-0.2, -0.15) is 5.10 Å². The fourth-order valence-electron chi connectivity index (χ4n) is 2.98. The number of aliphatic hydroxyl groups is 1. The monoisotopic (exact) mass is 352 g/mol. The van der Waals surface area contributed by atoms with Crippen LogP contribution in [0.5, 0.6) is 5.75 Å². The number of halogens is 1. The molecule has 0 bridgehead atoms. The van der Waals surface area contributed by atoms with Gasteiger partial charge in [0, 0.05) is 5.39 Å². The van der Waals surface area contributed by atoms with E-state index in [1.54, 1.807) is 30.0 Å². The Kier molecular flexibility index (Phi) is 4.18. The lowest BCUT2D eigenvalue weighted by molar-refractivity contribution is 0.248. The molecule has 0 saturated heterocycles. The number of methoxy groups -OCH3 is 1. The summed E-state index contributed by atoms with van der Waals surface area (Å²) in [4.78, 5) is 0. The number of fused-ring (bicyclic) bond motifs is 1. The molecule has 2 aromatic heterocycles. The van der Waals surface area contributed by atoms with Gasteiger partial charge in [0.05, 0.1) is 19.2 Å². The lowest BCUT2D eigenvalue weighted by atomic mass is 10.1. The highest BCUT2D eigenvalue weighted by Gasteiger charge is 2.16. The largest absolute Gasteiger partial charge is 0.497 e. The molecule has 0 amide bonds. The zero-order chi connectivity index (χ0) is 18.1. The molecule has 4 rings (SSSR count). The number of ether oxygens (including phenoxy) is 1. The molecule has 1 N–H and O–H groups in total. The van der Waals surface area contributed by atoms with Gasteiger partial charge in [-0.25, -0.2) is 4.39 Å². The van der Waals surface area contributed by atoms with E-state index in [-0.39, 0.29) is 12.4 Å². The summed E-state index contributed by atoms with van der Waals surface area (Å²) in [7, 11) is 1.62. The van der Waals surface area contributed by atoms with Gasteiger partial charge >= 0.3 is 0 Å². The van der Waals surface area contributed by atoms with Gasteiger partial charge in [-0.05, 0) is 48.0 Å². The van der Waals surface area contributed by atoms with Crippen molar-refractivity contribution in [1.82, 2.24) is 9.78 Å². The van der Waals surface area contributed by atoms with Gasteiger partial charge in [-0.3, -0.25) is 4.68 Å². The summed E-state index contributed by atoms with van der Waals surface area (Å²) < 4.78 is 26.4. The SMILES string of the molecule is COc1cccc(Cn2nc(-c3ccc(CO)o3)c3ccc(F)cc32)c1. The maximum atomic E-state index is 13.8. The topological polar surface area (TPSA) is 60.4 Å². The first-order chi connectivity index (χ1) is 12.7. The molecule has 0 atom stereocenters. The summed E-state index contributed by atoms with van der Waals surface area (Å²) in [5, 5.41) is 14.6. The molecule has 2 heterocycles. The molecule has 0 aliphatic carbocycles. The van der Waals surface area contributed by atoms with Crippen molar-refractivity contribution in [3.8, 4) is 17.2 Å². The number of rotatable bonds is 5. The fourth-order valence-corrected chi connectivity index (χ4v) is 2.98. The van der Waals surface area contributed by atoms with Crippen LogP contribution in [-0.4, -0.2) is 22.0 Å². The average molecular weight is 352 g/mol. The Morgan fingerprint density at radius 3 is 2.81 bits per heavy atom. The van der Waals surface area contributed by atoms with Crippen LogP contribution in [0.25, 0.3) is 22.4 Å². The molecule has 0 spiro atoms. The zero-order valence-electron chi connectivity index (χ0n) is 14.1. The highest BCUT2D eigenvalue weighted by atomic mass is 19.1. The van der Waals surface area contributed by atoms with Crippen LogP contribution in [0.4, 0.5) is 4.39 Å². The first-order valence-electron chi connectivity index (χ1n) is 8.17. The number of aromatic nitrogens is 2. The number of furan rings is 1. The van der Waals surface area contributed by atoms with Gasteiger partial charge in [-0.15, -0.1) is 0 Å². The highest BCUT2D eigenvalue weighted by molar-refractivity contribution is 5.92. The highest BCUT2D eigenvalue weighted by Crippen LogP contribution is 2.30. The Bertz CT molecular complexity index is 1070. The first-order valence-corrected chi connectivity index (χ1v) is 8.17. The summed E-state index contributed by atoms with van der Waals surface area (Å²) in [5.74, 6) is 1.42. The van der Waals surface area contributed by atoms with E-state index < -0.39 is 0 Å². The average Bonchev–Trinajstić information content (AvgIpc) is 3.27. The van der Waals surface area contributed by atoms with Crippen molar-refractivity contribution in [3.05, 3.63) is 71.7 Å². The number of nitrogens with zero attached hydrogens (tertiary/aromatic N) is 2. The molecule has 0 saturated carbocycles. The van der Waals surface area contributed by atoms with Gasteiger partial charge in [0.1, 0.15) is 29.6 Å². The Morgan fingerprint density at radius 1 is 1.15 bits per heavy atom. The van der Waals surface area contributed by atoms with Crippen molar-refractivity contribution >= 4 is 10.9 Å². The van der Waals surface area contributed by atoms with Crippen LogP contribution < -0.4 is 4.74 Å². The van der Waals surface area contributed by atoms with Gasteiger partial charge in [0.25, 0.3) is 0 Å². The summed E-state index contributed by atoms with van der Waals surface area (Å²) in [6.07, 6.45) is 0. The van der Waals surface area contributed by atoms with Crippen molar-refractivity contribution in [2.75, 3.05) is 7.11 Å². The van der Waals surface area contributed by atoms with E-state index in [0.717, 1.165) is 16.7 Å². The van der Waals surface area contributed by atoms with Crippen LogP contribution in [0.2, 0.25) is 0 Å². The predicted octanol–water partition coefficient (Wildman–Crippen LogP) is 3.98. The molecule has 5 nitrogen and oxygen atoms in total. The van der Waals surface area contributed by atoms with E-state index in [1.165, 1.54) is 12.1 Å². The Labute approximate surface area is 149 Å². The minimum absolute atomic E-state index is 0.183. The van der Waals surface area contributed by atoms with Crippen molar-refractivity contribution in [1.29, 1.82) is 0 Å². The second kappa shape index (κ2) is 6.65. The number of hydrogen-bond acceptors (Lipinski definition) is 4. The van der Waals surface area contributed by atoms with Crippen LogP contribution in [0.15, 0.2) is 59.0 Å². The van der Waals surface area contributed by atoms with Crippen LogP contribution >= 0.6 is 0 Å². The molecular formula is C20H17FN2O3. The zero-order valence-corrected chi connectivity index (χ0v) is 14.1. The maximum Gasteiger partial charge on any atom is 0.155 e. The lowest BCUT2D eigenvalue weighted by Crippen LogP contribution is -2.02. The Balaban J connectivity index is 1.82. The predicted molar refractivity (Wildman–Crippen MR) is 95.4 cm³/mol. The van der Waals surface area contributed by atoms with Gasteiger partial charge in [-0.1, -0.05) is 12.1 Å². The number of aliphatic hydroxyl groups excluding tert-OH is 1. The van der Waals surface area contributed by atoms with Crippen molar-refractivity contribution < 1.29 is 18.7 Å². The lowest BCUT2D eigenvalue weighted by Gasteiger charge is -2.06. The second-order valence-electron chi connectivity index (χ2n) is 5.94. The quantitative estimate of drug-likeness (QED) is 0.590. The van der Waals surface area contributed by atoms with Gasteiger partial charge in [0.15, 0.2) is 5.76 Å². The summed E-state index contributed by atoms with van der Waals surface area (Å²) in [6.45, 7) is 0.280. The van der Waals surface area contributed by atoms with E-state index in [1.807, 2.05) is 24.3 Å². The van der Waals surface area contributed by atoms with Crippen LogP contribution in [0.1, 0.15) is 11.3 Å². The van der Waals surface area contributed by atoms with E-state index >= 15 is 0 Å². The van der Waals surface area contributed by atoms with Crippen LogP contribution in [0, 0.1) is 5.82 Å². The smallest absolute Gasteiger partial charge is 0.155 e. The molecule has 0 fully saturated rings. The standard InChI is InChI=1S/C20H17FN2O3/c1-25-15-4-2-3-13(9-15)11-23-18-10-14(21)5-7-17(18)20(22-23)19-8-6-16(12-24)26-19/h2-10,24H,11-12H2,1H3. The number of hydrogen-bond donors (Lipinski definition) is 1. The Morgan fingerprint density at radius 2 is 2.04 bits per heavy atom. The molecule has 6 heteroatoms. The van der Waals surface area contributed by atoms with E-state index in [0.29, 0.717) is 29.3 Å². The van der Waals surface area contributed by atoms with E-state index in [4.69, 9.17) is 9.15 Å². The van der Waals surface area contributed by atoms with Crippen LogP contribution in [-0.2, 0) is 13.2 Å². The van der Waals surface area contributed by atoms with Crippen molar-refractivity contribution in [2.45, 2.75) is 13.2 Å². The number of benzene rings is 2.